The number of piperidine rings is 1. The number of aromatic nitrogens is 3. The first-order valence-corrected chi connectivity index (χ1v) is 14.9. The lowest BCUT2D eigenvalue weighted by Gasteiger charge is -2.32. The minimum atomic E-state index is -4.91. The van der Waals surface area contributed by atoms with Crippen LogP contribution >= 0.6 is 0 Å². The standard InChI is InChI=1S/C33H33F3N4O5/c1-21(42)24-6-7-25(30(16-24)45-33(34,35)36)20-44-32-4-2-3-27(38-32)23-9-12-39(13-10-23)18-31-37-28-8-5-22(19-41)15-29(28)40(31)17-26-11-14-43-26/h2-8,15-16,19,23,26H,9-14,17-18,20H2,1H3/t26-/m0/s1. The van der Waals surface area contributed by atoms with E-state index in [1.807, 2.05) is 24.3 Å². The van der Waals surface area contributed by atoms with Gasteiger partial charge < -0.3 is 18.8 Å². The van der Waals surface area contributed by atoms with E-state index >= 15 is 0 Å². The molecule has 2 fully saturated rings. The number of ether oxygens (including phenoxy) is 3. The molecule has 236 valence electrons. The van der Waals surface area contributed by atoms with E-state index in [9.17, 15) is 22.8 Å². The molecule has 0 spiro atoms. The molecule has 0 unspecified atom stereocenters. The van der Waals surface area contributed by atoms with Crippen molar-refractivity contribution in [2.24, 2.45) is 0 Å². The average Bonchev–Trinajstić information content (AvgIpc) is 3.33. The highest BCUT2D eigenvalue weighted by Gasteiger charge is 2.32. The number of carbonyl (C=O) groups is 2. The number of hydrogen-bond donors (Lipinski definition) is 0. The van der Waals surface area contributed by atoms with Crippen molar-refractivity contribution >= 4 is 23.1 Å². The molecule has 45 heavy (non-hydrogen) atoms. The van der Waals surface area contributed by atoms with Gasteiger partial charge in [-0.05, 0) is 69.6 Å². The first-order chi connectivity index (χ1) is 21.6. The molecule has 0 amide bonds. The molecule has 2 aliphatic rings. The molecule has 1 atom stereocenters. The van der Waals surface area contributed by atoms with Crippen LogP contribution in [0.25, 0.3) is 11.0 Å². The monoisotopic (exact) mass is 622 g/mol. The molecule has 2 saturated heterocycles. The van der Waals surface area contributed by atoms with Crippen molar-refractivity contribution in [1.82, 2.24) is 19.4 Å². The maximum atomic E-state index is 13.0. The van der Waals surface area contributed by atoms with Crippen molar-refractivity contribution < 1.29 is 37.0 Å². The zero-order valence-corrected chi connectivity index (χ0v) is 24.8. The number of pyridine rings is 1. The van der Waals surface area contributed by atoms with Gasteiger partial charge in [0, 0.05) is 41.0 Å². The number of carbonyl (C=O) groups excluding carboxylic acids is 2. The molecule has 12 heteroatoms. The molecular formula is C33H33F3N4O5. The van der Waals surface area contributed by atoms with Gasteiger partial charge in [-0.15, -0.1) is 13.2 Å². The van der Waals surface area contributed by atoms with Gasteiger partial charge in [-0.3, -0.25) is 14.5 Å². The number of fused-ring (bicyclic) bond motifs is 1. The number of Topliss-reactive ketones (excluding diaryl/α,β-unsaturated/α-hetero) is 1. The summed E-state index contributed by atoms with van der Waals surface area (Å²) in [5.74, 6) is 0.591. The van der Waals surface area contributed by atoms with E-state index in [1.54, 1.807) is 12.1 Å². The van der Waals surface area contributed by atoms with Gasteiger partial charge in [0.05, 0.1) is 30.2 Å². The molecule has 2 aromatic carbocycles. The van der Waals surface area contributed by atoms with Gasteiger partial charge >= 0.3 is 6.36 Å². The summed E-state index contributed by atoms with van der Waals surface area (Å²) in [5, 5.41) is 0. The number of nitrogens with zero attached hydrogens (tertiary/aromatic N) is 4. The fraction of sp³-hybridized carbons (Fsp3) is 0.394. The van der Waals surface area contributed by atoms with E-state index in [0.29, 0.717) is 24.5 Å². The lowest BCUT2D eigenvalue weighted by molar-refractivity contribution is -0.275. The van der Waals surface area contributed by atoms with Crippen LogP contribution < -0.4 is 9.47 Å². The van der Waals surface area contributed by atoms with Crippen LogP contribution in [0.1, 0.15) is 69.9 Å². The second-order valence-electron chi connectivity index (χ2n) is 11.5. The fourth-order valence-corrected chi connectivity index (χ4v) is 5.81. The summed E-state index contributed by atoms with van der Waals surface area (Å²) in [5.41, 5.74) is 3.54. The lowest BCUT2D eigenvalue weighted by Crippen LogP contribution is -2.35. The maximum Gasteiger partial charge on any atom is 0.573 e. The van der Waals surface area contributed by atoms with Crippen LogP contribution in [0.15, 0.2) is 54.6 Å². The van der Waals surface area contributed by atoms with Gasteiger partial charge in [-0.2, -0.15) is 0 Å². The van der Waals surface area contributed by atoms with Crippen LogP contribution in [0.5, 0.6) is 11.6 Å². The molecule has 0 radical (unpaired) electrons. The molecule has 2 aliphatic heterocycles. The summed E-state index contributed by atoms with van der Waals surface area (Å²) in [4.78, 5) is 35.0. The van der Waals surface area contributed by atoms with Crippen molar-refractivity contribution in [2.45, 2.75) is 64.3 Å². The number of likely N-dealkylation sites (tertiary alicyclic amines) is 1. The highest BCUT2D eigenvalue weighted by Crippen LogP contribution is 2.31. The fourth-order valence-electron chi connectivity index (χ4n) is 5.81. The number of halogens is 3. The number of benzene rings is 2. The molecule has 2 aromatic heterocycles. The maximum absolute atomic E-state index is 13.0. The Kier molecular flexibility index (Phi) is 8.86. The molecule has 6 rings (SSSR count). The van der Waals surface area contributed by atoms with Crippen LogP contribution in [0.3, 0.4) is 0 Å². The van der Waals surface area contributed by atoms with E-state index in [-0.39, 0.29) is 35.5 Å². The lowest BCUT2D eigenvalue weighted by atomic mass is 9.93. The molecule has 4 heterocycles. The number of alkyl halides is 3. The summed E-state index contributed by atoms with van der Waals surface area (Å²) < 4.78 is 56.8. The Morgan fingerprint density at radius 3 is 2.56 bits per heavy atom. The molecule has 9 nitrogen and oxygen atoms in total. The minimum absolute atomic E-state index is 0.112. The van der Waals surface area contributed by atoms with Crippen LogP contribution in [0.2, 0.25) is 0 Å². The van der Waals surface area contributed by atoms with Crippen molar-refractivity contribution in [1.29, 1.82) is 0 Å². The van der Waals surface area contributed by atoms with Gasteiger partial charge in [0.25, 0.3) is 0 Å². The predicted octanol–water partition coefficient (Wildman–Crippen LogP) is 6.09. The van der Waals surface area contributed by atoms with E-state index in [0.717, 1.165) is 73.9 Å². The first-order valence-electron chi connectivity index (χ1n) is 14.9. The highest BCUT2D eigenvalue weighted by atomic mass is 19.4. The van der Waals surface area contributed by atoms with Crippen molar-refractivity contribution in [3.8, 4) is 11.6 Å². The molecular weight excluding hydrogens is 589 g/mol. The second kappa shape index (κ2) is 13.0. The summed E-state index contributed by atoms with van der Waals surface area (Å²) in [6.07, 6.45) is -1.17. The van der Waals surface area contributed by atoms with Crippen molar-refractivity contribution in [3.63, 3.8) is 0 Å². The average molecular weight is 623 g/mol. The van der Waals surface area contributed by atoms with Gasteiger partial charge in [0.2, 0.25) is 5.88 Å². The Morgan fingerprint density at radius 2 is 1.87 bits per heavy atom. The first kappa shape index (κ1) is 30.7. The third kappa shape index (κ3) is 7.34. The number of rotatable bonds is 11. The minimum Gasteiger partial charge on any atom is -0.473 e. The van der Waals surface area contributed by atoms with E-state index < -0.39 is 12.1 Å². The molecule has 0 aliphatic carbocycles. The number of aldehydes is 1. The van der Waals surface area contributed by atoms with Crippen LogP contribution in [-0.4, -0.2) is 63.7 Å². The normalized spacial score (nSPS) is 17.6. The summed E-state index contributed by atoms with van der Waals surface area (Å²) in [6.45, 7) is 4.87. The number of imidazole rings is 1. The Balaban J connectivity index is 1.10. The van der Waals surface area contributed by atoms with Crippen LogP contribution in [-0.2, 0) is 24.4 Å². The topological polar surface area (TPSA) is 95.8 Å². The Hall–Kier alpha value is -4.29. The molecule has 4 aromatic rings. The van der Waals surface area contributed by atoms with Gasteiger partial charge in [-0.25, -0.2) is 9.97 Å². The van der Waals surface area contributed by atoms with E-state index in [2.05, 4.69) is 19.2 Å². The van der Waals surface area contributed by atoms with E-state index in [4.69, 9.17) is 14.5 Å². The quantitative estimate of drug-likeness (QED) is 0.147. The third-order valence-electron chi connectivity index (χ3n) is 8.36. The Bertz CT molecular complexity index is 1690. The van der Waals surface area contributed by atoms with Crippen LogP contribution in [0.4, 0.5) is 13.2 Å². The summed E-state index contributed by atoms with van der Waals surface area (Å²) >= 11 is 0. The number of hydrogen-bond acceptors (Lipinski definition) is 8. The third-order valence-corrected chi connectivity index (χ3v) is 8.36. The van der Waals surface area contributed by atoms with Crippen molar-refractivity contribution in [3.05, 3.63) is 82.8 Å². The predicted molar refractivity (Wildman–Crippen MR) is 158 cm³/mol. The number of ketones is 1. The summed E-state index contributed by atoms with van der Waals surface area (Å²) in [6, 6.07) is 14.9. The van der Waals surface area contributed by atoms with Gasteiger partial charge in [0.1, 0.15) is 24.5 Å². The molecule has 0 N–H and O–H groups in total. The second-order valence-corrected chi connectivity index (χ2v) is 11.5. The van der Waals surface area contributed by atoms with Gasteiger partial charge in [-0.1, -0.05) is 18.2 Å². The largest absolute Gasteiger partial charge is 0.573 e. The smallest absolute Gasteiger partial charge is 0.473 e. The molecule has 0 saturated carbocycles. The summed E-state index contributed by atoms with van der Waals surface area (Å²) in [7, 11) is 0. The highest BCUT2D eigenvalue weighted by molar-refractivity contribution is 5.94. The van der Waals surface area contributed by atoms with Crippen LogP contribution in [0, 0.1) is 0 Å². The zero-order valence-electron chi connectivity index (χ0n) is 24.8. The van der Waals surface area contributed by atoms with E-state index in [1.165, 1.54) is 19.1 Å². The SMILES string of the molecule is CC(=O)c1ccc(COc2cccc(C3CCN(Cc4nc5ccc(C=O)cc5n4C[C@@H]4CCO4)CC3)n2)c(OC(F)(F)F)c1. The Labute approximate surface area is 257 Å². The van der Waals surface area contributed by atoms with Crippen molar-refractivity contribution in [2.75, 3.05) is 19.7 Å². The Morgan fingerprint density at radius 1 is 1.07 bits per heavy atom. The molecule has 0 bridgehead atoms. The van der Waals surface area contributed by atoms with Gasteiger partial charge in [0.15, 0.2) is 5.78 Å². The zero-order chi connectivity index (χ0) is 31.6.